The molecule has 118 valence electrons. The standard InChI is InChI=1S/C18H13ClN4O/c1-3-18(13-7-5-4-6-8-13)15-11-14(19)9-10-16(15)23(24)17(21-12-20)22(18)2/h1,4-11,23H,2H3. The molecular formula is C18H13ClN4O. The van der Waals surface area contributed by atoms with Gasteiger partial charge in [0.15, 0.2) is 5.54 Å². The van der Waals surface area contributed by atoms with E-state index in [0.29, 0.717) is 16.3 Å². The fourth-order valence-electron chi connectivity index (χ4n) is 3.09. The fraction of sp³-hybridized carbons (Fsp3) is 0.111. The molecule has 1 heterocycles. The summed E-state index contributed by atoms with van der Waals surface area (Å²) >= 11 is 6.16. The maximum absolute atomic E-state index is 12.7. The average molecular weight is 337 g/mol. The van der Waals surface area contributed by atoms with Crippen molar-refractivity contribution in [2.45, 2.75) is 5.54 Å². The second-order valence-electron chi connectivity index (χ2n) is 5.33. The molecule has 2 aromatic rings. The molecule has 5 nitrogen and oxygen atoms in total. The lowest BCUT2D eigenvalue weighted by Gasteiger charge is -2.46. The highest BCUT2D eigenvalue weighted by Gasteiger charge is 2.48. The Morgan fingerprint density at radius 2 is 2.00 bits per heavy atom. The van der Waals surface area contributed by atoms with E-state index in [1.165, 1.54) is 0 Å². The van der Waals surface area contributed by atoms with Gasteiger partial charge in [0, 0.05) is 18.1 Å². The number of fused-ring (bicyclic) bond motifs is 1. The van der Waals surface area contributed by atoms with E-state index >= 15 is 0 Å². The molecule has 0 saturated carbocycles. The summed E-state index contributed by atoms with van der Waals surface area (Å²) in [6.45, 7) is 0. The lowest BCUT2D eigenvalue weighted by atomic mass is 9.80. The Morgan fingerprint density at radius 1 is 1.29 bits per heavy atom. The summed E-state index contributed by atoms with van der Waals surface area (Å²) in [5, 5.41) is 21.8. The quantitative estimate of drug-likeness (QED) is 0.492. The molecule has 1 aliphatic heterocycles. The number of rotatable bonds is 1. The molecule has 0 amide bonds. The summed E-state index contributed by atoms with van der Waals surface area (Å²) in [6, 6.07) is 14.3. The van der Waals surface area contributed by atoms with Gasteiger partial charge in [0.1, 0.15) is 5.69 Å². The first-order valence-corrected chi connectivity index (χ1v) is 7.52. The van der Waals surface area contributed by atoms with Crippen molar-refractivity contribution >= 4 is 23.2 Å². The number of hydroxylamine groups is 1. The van der Waals surface area contributed by atoms with Crippen LogP contribution in [-0.2, 0) is 5.54 Å². The Bertz CT molecular complexity index is 897. The van der Waals surface area contributed by atoms with Crippen LogP contribution in [0.25, 0.3) is 0 Å². The maximum Gasteiger partial charge on any atom is 0.320 e. The molecule has 0 aromatic heterocycles. The van der Waals surface area contributed by atoms with Crippen molar-refractivity contribution in [3.63, 3.8) is 0 Å². The number of terminal acetylenes is 1. The van der Waals surface area contributed by atoms with Crippen LogP contribution in [0.15, 0.2) is 53.5 Å². The molecule has 6 heteroatoms. The number of aliphatic imine (C=N–C) groups is 1. The van der Waals surface area contributed by atoms with E-state index in [0.717, 1.165) is 5.56 Å². The van der Waals surface area contributed by atoms with E-state index < -0.39 is 5.54 Å². The van der Waals surface area contributed by atoms with Crippen molar-refractivity contribution in [3.05, 3.63) is 69.9 Å². The molecule has 1 N–H and O–H groups in total. The molecule has 0 spiro atoms. The Kier molecular flexibility index (Phi) is 4.01. The zero-order valence-corrected chi connectivity index (χ0v) is 13.6. The predicted octanol–water partition coefficient (Wildman–Crippen LogP) is 2.01. The second-order valence-corrected chi connectivity index (χ2v) is 5.77. The molecule has 0 saturated heterocycles. The van der Waals surface area contributed by atoms with Crippen LogP contribution >= 0.6 is 11.6 Å². The number of guanidine groups is 1. The zero-order chi connectivity index (χ0) is 17.3. The van der Waals surface area contributed by atoms with Gasteiger partial charge in [-0.15, -0.1) is 11.4 Å². The van der Waals surface area contributed by atoms with Crippen LogP contribution in [-0.4, -0.2) is 17.9 Å². The van der Waals surface area contributed by atoms with Crippen LogP contribution in [0.1, 0.15) is 11.1 Å². The van der Waals surface area contributed by atoms with Crippen LogP contribution in [0.5, 0.6) is 0 Å². The largest absolute Gasteiger partial charge is 0.621 e. The highest BCUT2D eigenvalue weighted by molar-refractivity contribution is 6.30. The Balaban J connectivity index is 2.42. The number of hydrogen-bond acceptors (Lipinski definition) is 3. The van der Waals surface area contributed by atoms with Gasteiger partial charge in [0.25, 0.3) is 0 Å². The number of halogens is 1. The third-order valence-corrected chi connectivity index (χ3v) is 4.43. The number of hydrogen-bond donors (Lipinski definition) is 1. The minimum atomic E-state index is -1.08. The molecule has 0 fully saturated rings. The van der Waals surface area contributed by atoms with E-state index in [1.54, 1.807) is 36.3 Å². The number of quaternary nitrogens is 1. The Hall–Kier alpha value is -2.83. The molecule has 2 aromatic carbocycles. The van der Waals surface area contributed by atoms with Gasteiger partial charge in [-0.2, -0.15) is 5.26 Å². The van der Waals surface area contributed by atoms with Crippen molar-refractivity contribution in [3.8, 4) is 18.5 Å². The highest BCUT2D eigenvalue weighted by Crippen LogP contribution is 2.40. The number of nitrogens with zero attached hydrogens (tertiary/aromatic N) is 3. The van der Waals surface area contributed by atoms with Crippen molar-refractivity contribution in [2.75, 3.05) is 7.05 Å². The third kappa shape index (κ3) is 2.16. The molecule has 24 heavy (non-hydrogen) atoms. The topological polar surface area (TPSA) is 66.9 Å². The number of benzene rings is 2. The Labute approximate surface area is 145 Å². The van der Waals surface area contributed by atoms with Crippen LogP contribution in [0.2, 0.25) is 5.02 Å². The summed E-state index contributed by atoms with van der Waals surface area (Å²) in [5.41, 5.74) is 0.712. The van der Waals surface area contributed by atoms with Gasteiger partial charge >= 0.3 is 5.96 Å². The van der Waals surface area contributed by atoms with Gasteiger partial charge in [-0.05, 0) is 17.7 Å². The number of nitriles is 1. The molecule has 3 rings (SSSR count). The predicted molar refractivity (Wildman–Crippen MR) is 92.3 cm³/mol. The van der Waals surface area contributed by atoms with Crippen LogP contribution < -0.4 is 5.06 Å². The summed E-state index contributed by atoms with van der Waals surface area (Å²) < 4.78 is 0. The van der Waals surface area contributed by atoms with Crippen LogP contribution in [0.3, 0.4) is 0 Å². The monoisotopic (exact) mass is 336 g/mol. The third-order valence-electron chi connectivity index (χ3n) is 4.20. The van der Waals surface area contributed by atoms with E-state index in [-0.39, 0.29) is 11.0 Å². The minimum absolute atomic E-state index is 0.00845. The first-order valence-electron chi connectivity index (χ1n) is 7.15. The molecule has 0 aliphatic carbocycles. The van der Waals surface area contributed by atoms with E-state index in [1.807, 2.05) is 30.3 Å². The summed E-state index contributed by atoms with van der Waals surface area (Å²) in [5.74, 6) is 2.81. The van der Waals surface area contributed by atoms with Crippen molar-refractivity contribution in [1.29, 1.82) is 5.26 Å². The maximum atomic E-state index is 12.7. The minimum Gasteiger partial charge on any atom is -0.621 e. The zero-order valence-electron chi connectivity index (χ0n) is 12.8. The van der Waals surface area contributed by atoms with Gasteiger partial charge in [0.05, 0.1) is 5.56 Å². The average Bonchev–Trinajstić information content (AvgIpc) is 2.60. The van der Waals surface area contributed by atoms with E-state index in [9.17, 15) is 5.21 Å². The SMILES string of the molecule is C#CC1(c2ccccc2)c2cc(Cl)ccc2[NH+]([O-])C(=NC#N)N1C. The first-order chi connectivity index (χ1) is 11.6. The van der Waals surface area contributed by atoms with Crippen LogP contribution in [0.4, 0.5) is 5.69 Å². The molecule has 0 bridgehead atoms. The van der Waals surface area contributed by atoms with Crippen molar-refractivity contribution < 1.29 is 5.06 Å². The van der Waals surface area contributed by atoms with Gasteiger partial charge in [-0.3, -0.25) is 9.96 Å². The van der Waals surface area contributed by atoms with Crippen molar-refractivity contribution in [2.24, 2.45) is 4.99 Å². The summed E-state index contributed by atoms with van der Waals surface area (Å²) in [6.07, 6.45) is 7.63. The van der Waals surface area contributed by atoms with Gasteiger partial charge < -0.3 is 5.21 Å². The summed E-state index contributed by atoms with van der Waals surface area (Å²) in [7, 11) is 1.66. The molecule has 2 unspecified atom stereocenters. The lowest BCUT2D eigenvalue weighted by Crippen LogP contribution is -3.09. The summed E-state index contributed by atoms with van der Waals surface area (Å²) in [4.78, 5) is 5.27. The normalized spacial score (nSPS) is 24.1. The van der Waals surface area contributed by atoms with Gasteiger partial charge in [-0.1, -0.05) is 47.9 Å². The smallest absolute Gasteiger partial charge is 0.320 e. The Morgan fingerprint density at radius 3 is 2.62 bits per heavy atom. The first kappa shape index (κ1) is 16.0. The van der Waals surface area contributed by atoms with Gasteiger partial charge in [0.2, 0.25) is 6.19 Å². The molecule has 1 aliphatic rings. The van der Waals surface area contributed by atoms with Crippen LogP contribution in [0, 0.1) is 29.0 Å². The van der Waals surface area contributed by atoms with E-state index in [2.05, 4.69) is 10.9 Å². The number of nitrogens with one attached hydrogen (secondary N) is 1. The molecule has 2 atom stereocenters. The van der Waals surface area contributed by atoms with E-state index in [4.69, 9.17) is 23.3 Å². The van der Waals surface area contributed by atoms with Crippen molar-refractivity contribution in [1.82, 2.24) is 4.90 Å². The lowest BCUT2D eigenvalue weighted by molar-refractivity contribution is -0.680. The fourth-order valence-corrected chi connectivity index (χ4v) is 3.26. The highest BCUT2D eigenvalue weighted by atomic mass is 35.5. The second kappa shape index (κ2) is 5.99. The molecule has 0 radical (unpaired) electrons. The molecular weight excluding hydrogens is 324 g/mol. The van der Waals surface area contributed by atoms with Gasteiger partial charge in [-0.25, -0.2) is 0 Å².